The first-order valence-electron chi connectivity index (χ1n) is 9.35. The first-order valence-corrected chi connectivity index (χ1v) is 9.35. The second kappa shape index (κ2) is 9.17. The maximum Gasteiger partial charge on any atom is 0.241 e. The van der Waals surface area contributed by atoms with Crippen LogP contribution in [0.15, 0.2) is 30.3 Å². The molecule has 0 saturated carbocycles. The van der Waals surface area contributed by atoms with E-state index in [1.807, 2.05) is 35.2 Å². The van der Waals surface area contributed by atoms with Gasteiger partial charge in [0.25, 0.3) is 0 Å². The van der Waals surface area contributed by atoms with Crippen molar-refractivity contribution >= 4 is 5.91 Å². The summed E-state index contributed by atoms with van der Waals surface area (Å²) in [6.45, 7) is 4.63. The number of hydrogen-bond acceptors (Lipinski definition) is 5. The number of hydrazine groups is 1. The monoisotopic (exact) mass is 347 g/mol. The summed E-state index contributed by atoms with van der Waals surface area (Å²) in [5, 5.41) is 0. The molecular weight excluding hydrogens is 318 g/mol. The summed E-state index contributed by atoms with van der Waals surface area (Å²) in [5.41, 5.74) is 6.36. The van der Waals surface area contributed by atoms with Crippen LogP contribution in [0.25, 0.3) is 0 Å². The Labute approximate surface area is 149 Å². The average Bonchev–Trinajstić information content (AvgIpc) is 3.33. The first-order chi connectivity index (χ1) is 12.3. The molecule has 138 valence electrons. The Morgan fingerprint density at radius 3 is 2.84 bits per heavy atom. The summed E-state index contributed by atoms with van der Waals surface area (Å²) in [6.07, 6.45) is 4.10. The highest BCUT2D eigenvalue weighted by Crippen LogP contribution is 2.16. The molecule has 2 aliphatic heterocycles. The van der Waals surface area contributed by atoms with Gasteiger partial charge < -0.3 is 14.4 Å². The predicted molar refractivity (Wildman–Crippen MR) is 96.2 cm³/mol. The molecule has 3 rings (SSSR count). The largest absolute Gasteiger partial charge is 0.492 e. The van der Waals surface area contributed by atoms with Crippen molar-refractivity contribution in [1.29, 1.82) is 0 Å². The van der Waals surface area contributed by atoms with Gasteiger partial charge in [0.2, 0.25) is 5.91 Å². The number of amides is 1. The molecule has 2 N–H and O–H groups in total. The third-order valence-corrected chi connectivity index (χ3v) is 4.91. The normalized spacial score (nSPS) is 25.9. The number of rotatable bonds is 8. The standard InChI is InChI=1S/C19H29N3O3/c1-2-15-13-18(21-20-15)19(23)22(14-17-9-6-11-24-17)10-12-25-16-7-4-3-5-8-16/h3-5,7-8,15,17-18,20-21H,2,6,9-14H2,1H3. The maximum atomic E-state index is 12.9. The zero-order valence-corrected chi connectivity index (χ0v) is 14.9. The molecule has 3 atom stereocenters. The Morgan fingerprint density at radius 1 is 1.32 bits per heavy atom. The number of carbonyl (C=O) groups is 1. The molecule has 0 aromatic heterocycles. The van der Waals surface area contributed by atoms with E-state index in [0.29, 0.717) is 25.7 Å². The van der Waals surface area contributed by atoms with E-state index in [0.717, 1.165) is 38.0 Å². The van der Waals surface area contributed by atoms with Crippen LogP contribution < -0.4 is 15.6 Å². The topological polar surface area (TPSA) is 62.8 Å². The molecule has 1 amide bonds. The number of benzene rings is 1. The molecule has 6 heteroatoms. The molecule has 2 aliphatic rings. The summed E-state index contributed by atoms with van der Waals surface area (Å²) in [6, 6.07) is 9.92. The Hall–Kier alpha value is -1.63. The van der Waals surface area contributed by atoms with Crippen molar-refractivity contribution in [1.82, 2.24) is 15.8 Å². The van der Waals surface area contributed by atoms with Crippen molar-refractivity contribution in [2.75, 3.05) is 26.3 Å². The Morgan fingerprint density at radius 2 is 2.16 bits per heavy atom. The molecule has 0 bridgehead atoms. The van der Waals surface area contributed by atoms with Gasteiger partial charge in [-0.25, -0.2) is 5.43 Å². The van der Waals surface area contributed by atoms with Gasteiger partial charge in [0, 0.05) is 19.2 Å². The molecule has 6 nitrogen and oxygen atoms in total. The SMILES string of the molecule is CCC1CC(C(=O)N(CCOc2ccccc2)CC2CCCO2)NN1. The third-order valence-electron chi connectivity index (χ3n) is 4.91. The van der Waals surface area contributed by atoms with E-state index in [9.17, 15) is 4.79 Å². The Kier molecular flexibility index (Phi) is 6.67. The molecule has 2 fully saturated rings. The van der Waals surface area contributed by atoms with Crippen molar-refractivity contribution in [3.8, 4) is 5.75 Å². The fourth-order valence-corrected chi connectivity index (χ4v) is 3.39. The van der Waals surface area contributed by atoms with Crippen molar-refractivity contribution in [3.63, 3.8) is 0 Å². The van der Waals surface area contributed by atoms with Gasteiger partial charge >= 0.3 is 0 Å². The highest BCUT2D eigenvalue weighted by Gasteiger charge is 2.32. The molecule has 2 heterocycles. The van der Waals surface area contributed by atoms with Crippen LogP contribution in [0.4, 0.5) is 0 Å². The number of nitrogens with one attached hydrogen (secondary N) is 2. The van der Waals surface area contributed by atoms with Gasteiger partial charge in [0.05, 0.1) is 12.6 Å². The van der Waals surface area contributed by atoms with Gasteiger partial charge in [0.1, 0.15) is 18.4 Å². The second-order valence-electron chi connectivity index (χ2n) is 6.76. The zero-order chi connectivity index (χ0) is 17.5. The van der Waals surface area contributed by atoms with Crippen LogP contribution in [-0.4, -0.2) is 55.3 Å². The van der Waals surface area contributed by atoms with E-state index in [2.05, 4.69) is 17.8 Å². The lowest BCUT2D eigenvalue weighted by Gasteiger charge is -2.27. The van der Waals surface area contributed by atoms with E-state index in [1.165, 1.54) is 0 Å². The smallest absolute Gasteiger partial charge is 0.241 e. The zero-order valence-electron chi connectivity index (χ0n) is 14.9. The highest BCUT2D eigenvalue weighted by molar-refractivity contribution is 5.82. The van der Waals surface area contributed by atoms with Gasteiger partial charge in [0.15, 0.2) is 0 Å². The van der Waals surface area contributed by atoms with Gasteiger partial charge in [-0.15, -0.1) is 0 Å². The molecule has 2 saturated heterocycles. The van der Waals surface area contributed by atoms with Crippen LogP contribution >= 0.6 is 0 Å². The lowest BCUT2D eigenvalue weighted by Crippen LogP contribution is -2.49. The van der Waals surface area contributed by atoms with Gasteiger partial charge in [-0.1, -0.05) is 25.1 Å². The lowest BCUT2D eigenvalue weighted by molar-refractivity contribution is -0.135. The van der Waals surface area contributed by atoms with Gasteiger partial charge in [-0.3, -0.25) is 10.2 Å². The van der Waals surface area contributed by atoms with Crippen LogP contribution in [0.5, 0.6) is 5.75 Å². The molecule has 25 heavy (non-hydrogen) atoms. The molecule has 0 radical (unpaired) electrons. The number of ether oxygens (including phenoxy) is 2. The minimum Gasteiger partial charge on any atom is -0.492 e. The predicted octanol–water partition coefficient (Wildman–Crippen LogP) is 1.72. The van der Waals surface area contributed by atoms with Crippen molar-refractivity contribution in [2.45, 2.75) is 50.8 Å². The quantitative estimate of drug-likeness (QED) is 0.750. The molecule has 0 aliphatic carbocycles. The summed E-state index contributed by atoms with van der Waals surface area (Å²) in [7, 11) is 0. The summed E-state index contributed by atoms with van der Waals surface area (Å²) >= 11 is 0. The fraction of sp³-hybridized carbons (Fsp3) is 0.632. The van der Waals surface area contributed by atoms with E-state index in [-0.39, 0.29) is 18.1 Å². The van der Waals surface area contributed by atoms with Gasteiger partial charge in [-0.05, 0) is 37.8 Å². The van der Waals surface area contributed by atoms with Crippen LogP contribution in [0.3, 0.4) is 0 Å². The first kappa shape index (κ1) is 18.2. The highest BCUT2D eigenvalue weighted by atomic mass is 16.5. The number of carbonyl (C=O) groups excluding carboxylic acids is 1. The van der Waals surface area contributed by atoms with E-state index >= 15 is 0 Å². The molecule has 1 aromatic rings. The van der Waals surface area contributed by atoms with Crippen molar-refractivity contribution in [3.05, 3.63) is 30.3 Å². The number of para-hydroxylation sites is 1. The molecule has 3 unspecified atom stereocenters. The van der Waals surface area contributed by atoms with E-state index in [4.69, 9.17) is 9.47 Å². The van der Waals surface area contributed by atoms with E-state index in [1.54, 1.807) is 0 Å². The van der Waals surface area contributed by atoms with Crippen molar-refractivity contribution < 1.29 is 14.3 Å². The average molecular weight is 347 g/mol. The minimum atomic E-state index is -0.164. The number of nitrogens with zero attached hydrogens (tertiary/aromatic N) is 1. The van der Waals surface area contributed by atoms with Gasteiger partial charge in [-0.2, -0.15) is 0 Å². The fourth-order valence-electron chi connectivity index (χ4n) is 3.39. The lowest BCUT2D eigenvalue weighted by atomic mass is 10.1. The molecular formula is C19H29N3O3. The molecule has 0 spiro atoms. The van der Waals surface area contributed by atoms with Crippen LogP contribution in [0.2, 0.25) is 0 Å². The number of hydrogen-bond donors (Lipinski definition) is 2. The van der Waals surface area contributed by atoms with Crippen LogP contribution in [0, 0.1) is 0 Å². The summed E-state index contributed by atoms with van der Waals surface area (Å²) < 4.78 is 11.5. The Bertz CT molecular complexity index is 534. The molecule has 1 aromatic carbocycles. The maximum absolute atomic E-state index is 12.9. The summed E-state index contributed by atoms with van der Waals surface area (Å²) in [4.78, 5) is 14.8. The Balaban J connectivity index is 1.55. The minimum absolute atomic E-state index is 0.135. The van der Waals surface area contributed by atoms with Crippen LogP contribution in [0.1, 0.15) is 32.6 Å². The van der Waals surface area contributed by atoms with Crippen LogP contribution in [-0.2, 0) is 9.53 Å². The third kappa shape index (κ3) is 5.17. The summed E-state index contributed by atoms with van der Waals surface area (Å²) in [5.74, 6) is 0.967. The van der Waals surface area contributed by atoms with Crippen molar-refractivity contribution in [2.24, 2.45) is 0 Å². The van der Waals surface area contributed by atoms with E-state index < -0.39 is 0 Å². The second-order valence-corrected chi connectivity index (χ2v) is 6.76.